The molecule has 0 fully saturated rings. The van der Waals surface area contributed by atoms with Crippen LogP contribution in [0.4, 0.5) is 0 Å². The van der Waals surface area contributed by atoms with Gasteiger partial charge in [0.05, 0.1) is 11.4 Å². The minimum Gasteiger partial charge on any atom is -0.481 e. The lowest BCUT2D eigenvalue weighted by Gasteiger charge is -2.06. The number of nitrogens with zero attached hydrogens (tertiary/aromatic N) is 2. The molecule has 0 saturated carbocycles. The minimum absolute atomic E-state index is 0.140. The molecule has 0 unspecified atom stereocenters. The molecule has 2 rings (SSSR count). The molecule has 0 amide bonds. The average Bonchev–Trinajstić information content (AvgIpc) is 2.84. The van der Waals surface area contributed by atoms with E-state index in [0.29, 0.717) is 10.8 Å². The molecule has 1 heterocycles. The quantitative estimate of drug-likeness (QED) is 0.765. The third-order valence-corrected chi connectivity index (χ3v) is 3.90. The van der Waals surface area contributed by atoms with Crippen LogP contribution in [0.25, 0.3) is 5.69 Å². The van der Waals surface area contributed by atoms with Gasteiger partial charge < -0.3 is 5.11 Å². The summed E-state index contributed by atoms with van der Waals surface area (Å²) in [6.45, 7) is 2.14. The minimum atomic E-state index is -0.947. The number of nitrogens with one attached hydrogen (secondary N) is 1. The first kappa shape index (κ1) is 15.4. The number of aryl methyl sites for hydroxylation is 1. The zero-order valence-electron chi connectivity index (χ0n) is 11.7. The Bertz CT molecular complexity index is 661. The number of hydrogen-bond donors (Lipinski definition) is 2. The fraction of sp³-hybridized carbons (Fsp3) is 0.357. The molecule has 7 heteroatoms. The molecule has 1 aromatic heterocycles. The number of rotatable bonds is 7. The molecule has 0 saturated heterocycles. The van der Waals surface area contributed by atoms with Gasteiger partial charge in [0.2, 0.25) is 0 Å². The predicted octanol–water partition coefficient (Wildman–Crippen LogP) is 2.08. The second kappa shape index (κ2) is 7.12. The van der Waals surface area contributed by atoms with Crippen molar-refractivity contribution in [2.75, 3.05) is 5.75 Å². The van der Waals surface area contributed by atoms with Gasteiger partial charge in [0.1, 0.15) is 0 Å². The van der Waals surface area contributed by atoms with E-state index in [1.807, 2.05) is 24.3 Å². The Labute approximate surface area is 126 Å². The third-order valence-electron chi connectivity index (χ3n) is 2.98. The Kier molecular flexibility index (Phi) is 5.21. The predicted molar refractivity (Wildman–Crippen MR) is 81.2 cm³/mol. The van der Waals surface area contributed by atoms with Gasteiger partial charge in [-0.25, -0.2) is 14.5 Å². The molecule has 2 aromatic rings. The summed E-state index contributed by atoms with van der Waals surface area (Å²) in [4.78, 5) is 22.5. The number of aliphatic carboxylic acids is 1. The van der Waals surface area contributed by atoms with Crippen molar-refractivity contribution in [2.45, 2.75) is 31.3 Å². The first-order valence-corrected chi connectivity index (χ1v) is 7.71. The van der Waals surface area contributed by atoms with Crippen LogP contribution in [0, 0.1) is 0 Å². The van der Waals surface area contributed by atoms with Crippen molar-refractivity contribution in [1.82, 2.24) is 14.8 Å². The van der Waals surface area contributed by atoms with Gasteiger partial charge in [-0.15, -0.1) is 5.10 Å². The molecular weight excluding hydrogens is 290 g/mol. The number of aromatic amines is 1. The number of unbranched alkanes of at least 4 members (excludes halogenated alkanes) is 1. The molecule has 2 N–H and O–H groups in total. The van der Waals surface area contributed by atoms with E-state index < -0.39 is 5.97 Å². The highest BCUT2D eigenvalue weighted by Crippen LogP contribution is 2.18. The van der Waals surface area contributed by atoms with E-state index in [0.717, 1.165) is 31.0 Å². The van der Waals surface area contributed by atoms with Crippen LogP contribution >= 0.6 is 11.8 Å². The van der Waals surface area contributed by atoms with Crippen LogP contribution in [0.15, 0.2) is 34.2 Å². The Morgan fingerprint density at radius 1 is 1.38 bits per heavy atom. The summed E-state index contributed by atoms with van der Waals surface area (Å²) >= 11 is 1.01. The molecule has 0 spiro atoms. The van der Waals surface area contributed by atoms with Crippen molar-refractivity contribution in [2.24, 2.45) is 0 Å². The third kappa shape index (κ3) is 3.98. The fourth-order valence-corrected chi connectivity index (χ4v) is 2.61. The van der Waals surface area contributed by atoms with Gasteiger partial charge in [-0.2, -0.15) is 0 Å². The van der Waals surface area contributed by atoms with Crippen molar-refractivity contribution >= 4 is 17.7 Å². The number of aromatic nitrogens is 3. The Morgan fingerprint density at radius 2 is 2.10 bits per heavy atom. The summed E-state index contributed by atoms with van der Waals surface area (Å²) in [7, 11) is 0. The molecule has 1 aromatic carbocycles. The standard InChI is InChI=1S/C14H17N3O3S/c1-2-3-4-10-5-7-11(8-6-10)17-13(20)15-16-14(17)21-9-12(18)19/h5-8H,2-4,9H2,1H3,(H,15,20)(H,18,19). The number of hydrogen-bond acceptors (Lipinski definition) is 4. The van der Waals surface area contributed by atoms with Crippen LogP contribution in [-0.2, 0) is 11.2 Å². The fourth-order valence-electron chi connectivity index (χ4n) is 1.93. The number of carboxylic acids is 1. The summed E-state index contributed by atoms with van der Waals surface area (Å²) in [6.07, 6.45) is 3.28. The lowest BCUT2D eigenvalue weighted by atomic mass is 10.1. The van der Waals surface area contributed by atoms with Crippen LogP contribution in [0.2, 0.25) is 0 Å². The summed E-state index contributed by atoms with van der Waals surface area (Å²) in [5.41, 5.74) is 1.53. The van der Waals surface area contributed by atoms with Gasteiger partial charge in [0.25, 0.3) is 0 Å². The van der Waals surface area contributed by atoms with E-state index in [2.05, 4.69) is 17.1 Å². The van der Waals surface area contributed by atoms with Crippen LogP contribution in [0.5, 0.6) is 0 Å². The van der Waals surface area contributed by atoms with Crippen molar-refractivity contribution in [3.05, 3.63) is 40.3 Å². The first-order valence-electron chi connectivity index (χ1n) is 6.73. The molecular formula is C14H17N3O3S. The maximum Gasteiger partial charge on any atom is 0.348 e. The molecule has 0 bridgehead atoms. The van der Waals surface area contributed by atoms with Gasteiger partial charge in [0, 0.05) is 0 Å². The summed E-state index contributed by atoms with van der Waals surface area (Å²) < 4.78 is 1.39. The SMILES string of the molecule is CCCCc1ccc(-n2c(SCC(=O)O)n[nH]c2=O)cc1. The van der Waals surface area contributed by atoms with Crippen LogP contribution in [0.3, 0.4) is 0 Å². The van der Waals surface area contributed by atoms with Crippen molar-refractivity contribution < 1.29 is 9.90 Å². The van der Waals surface area contributed by atoms with Crippen LogP contribution < -0.4 is 5.69 Å². The second-order valence-corrected chi connectivity index (χ2v) is 5.54. The largest absolute Gasteiger partial charge is 0.481 e. The van der Waals surface area contributed by atoms with Gasteiger partial charge in [0.15, 0.2) is 5.16 Å². The monoisotopic (exact) mass is 307 g/mol. The Balaban J connectivity index is 2.22. The normalized spacial score (nSPS) is 10.7. The van der Waals surface area contributed by atoms with E-state index in [9.17, 15) is 9.59 Å². The number of H-pyrrole nitrogens is 1. The highest BCUT2D eigenvalue weighted by atomic mass is 32.2. The number of carboxylic acid groups (broad SMARTS) is 1. The number of carbonyl (C=O) groups is 1. The molecule has 0 aliphatic carbocycles. The topological polar surface area (TPSA) is 88.0 Å². The van der Waals surface area contributed by atoms with E-state index in [1.165, 1.54) is 10.1 Å². The lowest BCUT2D eigenvalue weighted by Crippen LogP contribution is -2.15. The van der Waals surface area contributed by atoms with E-state index >= 15 is 0 Å². The zero-order chi connectivity index (χ0) is 15.2. The Hall–Kier alpha value is -2.02. The van der Waals surface area contributed by atoms with Crippen LogP contribution in [0.1, 0.15) is 25.3 Å². The van der Waals surface area contributed by atoms with E-state index in [1.54, 1.807) is 0 Å². The number of benzene rings is 1. The maximum absolute atomic E-state index is 11.8. The highest BCUT2D eigenvalue weighted by Gasteiger charge is 2.12. The zero-order valence-corrected chi connectivity index (χ0v) is 12.5. The molecule has 0 atom stereocenters. The van der Waals surface area contributed by atoms with Crippen molar-refractivity contribution in [3.63, 3.8) is 0 Å². The van der Waals surface area contributed by atoms with Crippen LogP contribution in [-0.4, -0.2) is 31.6 Å². The molecule has 6 nitrogen and oxygen atoms in total. The van der Waals surface area contributed by atoms with Gasteiger partial charge >= 0.3 is 11.7 Å². The molecule has 0 radical (unpaired) electrons. The maximum atomic E-state index is 11.8. The highest BCUT2D eigenvalue weighted by molar-refractivity contribution is 7.99. The summed E-state index contributed by atoms with van der Waals surface area (Å²) in [5.74, 6) is -1.09. The second-order valence-electron chi connectivity index (χ2n) is 4.60. The molecule has 0 aliphatic rings. The van der Waals surface area contributed by atoms with Gasteiger partial charge in [-0.1, -0.05) is 37.2 Å². The summed E-state index contributed by atoms with van der Waals surface area (Å²) in [6, 6.07) is 7.67. The van der Waals surface area contributed by atoms with Gasteiger partial charge in [-0.3, -0.25) is 4.79 Å². The van der Waals surface area contributed by atoms with Crippen molar-refractivity contribution in [3.8, 4) is 5.69 Å². The van der Waals surface area contributed by atoms with E-state index in [-0.39, 0.29) is 11.4 Å². The first-order chi connectivity index (χ1) is 10.1. The van der Waals surface area contributed by atoms with Crippen molar-refractivity contribution in [1.29, 1.82) is 0 Å². The molecule has 21 heavy (non-hydrogen) atoms. The summed E-state index contributed by atoms with van der Waals surface area (Å²) in [5, 5.41) is 15.3. The smallest absolute Gasteiger partial charge is 0.348 e. The lowest BCUT2D eigenvalue weighted by molar-refractivity contribution is -0.133. The molecule has 0 aliphatic heterocycles. The Morgan fingerprint density at radius 3 is 2.71 bits per heavy atom. The molecule has 112 valence electrons. The van der Waals surface area contributed by atoms with Gasteiger partial charge in [-0.05, 0) is 30.5 Å². The number of thioether (sulfide) groups is 1. The van der Waals surface area contributed by atoms with E-state index in [4.69, 9.17) is 5.11 Å². The average molecular weight is 307 g/mol.